The number of aryl methyl sites for hydroxylation is 1. The van der Waals surface area contributed by atoms with Gasteiger partial charge in [-0.1, -0.05) is 36.7 Å². The Morgan fingerprint density at radius 1 is 1.09 bits per heavy atom. The van der Waals surface area contributed by atoms with E-state index in [0.717, 1.165) is 55.2 Å². The van der Waals surface area contributed by atoms with E-state index in [0.29, 0.717) is 62.1 Å². The van der Waals surface area contributed by atoms with Gasteiger partial charge < -0.3 is 24.5 Å². The SMILES string of the molecule is C[C@@H]1[C@@H](C)C/C=C/C(C=O)[C@@H]2CC[C@H]2CN2CCCCc3cc(Cl)ccc3COc3c(C4CNCCO4)cc(cc32)C(=O)NS1(=O)=O. The number of morpholine rings is 1. The number of hydrogen-bond donors (Lipinski definition) is 2. The highest BCUT2D eigenvalue weighted by Crippen LogP contribution is 2.45. The molecule has 6 rings (SSSR count). The lowest BCUT2D eigenvalue weighted by atomic mass is 9.67. The van der Waals surface area contributed by atoms with Gasteiger partial charge in [0, 0.05) is 48.2 Å². The number of ether oxygens (including phenoxy) is 2. The van der Waals surface area contributed by atoms with Crippen LogP contribution in [0.4, 0.5) is 5.69 Å². The first-order valence-corrected chi connectivity index (χ1v) is 18.9. The summed E-state index contributed by atoms with van der Waals surface area (Å²) in [6, 6.07) is 9.42. The van der Waals surface area contributed by atoms with Crippen molar-refractivity contribution >= 4 is 39.5 Å². The molecule has 3 aliphatic heterocycles. The molecule has 0 radical (unpaired) electrons. The Balaban J connectivity index is 1.50. The van der Waals surface area contributed by atoms with Gasteiger partial charge >= 0.3 is 0 Å². The zero-order valence-electron chi connectivity index (χ0n) is 27.3. The van der Waals surface area contributed by atoms with Crippen molar-refractivity contribution in [2.75, 3.05) is 37.7 Å². The Labute approximate surface area is 283 Å². The Hall–Kier alpha value is -2.92. The number of rotatable bonds is 2. The van der Waals surface area contributed by atoms with Crippen LogP contribution in [0.25, 0.3) is 0 Å². The van der Waals surface area contributed by atoms with Crippen molar-refractivity contribution in [3.05, 3.63) is 69.8 Å². The molecule has 6 atom stereocenters. The van der Waals surface area contributed by atoms with Crippen LogP contribution >= 0.6 is 11.6 Å². The van der Waals surface area contributed by atoms with E-state index in [-0.39, 0.29) is 29.2 Å². The molecule has 2 N–H and O–H groups in total. The molecule has 0 spiro atoms. The number of benzene rings is 2. The van der Waals surface area contributed by atoms with Gasteiger partial charge in [0.15, 0.2) is 0 Å². The zero-order valence-corrected chi connectivity index (χ0v) is 28.8. The fourth-order valence-electron chi connectivity index (χ4n) is 7.34. The van der Waals surface area contributed by atoms with E-state index in [1.54, 1.807) is 19.1 Å². The summed E-state index contributed by atoms with van der Waals surface area (Å²) in [6.45, 7) is 6.92. The Morgan fingerprint density at radius 2 is 1.94 bits per heavy atom. The molecule has 2 aromatic rings. The Bertz CT molecular complexity index is 1610. The monoisotopic (exact) mass is 683 g/mol. The van der Waals surface area contributed by atoms with E-state index < -0.39 is 27.3 Å². The minimum absolute atomic E-state index is 0.193. The molecule has 3 heterocycles. The van der Waals surface area contributed by atoms with Crippen LogP contribution in [-0.4, -0.2) is 58.6 Å². The second-order valence-electron chi connectivity index (χ2n) is 13.6. The lowest BCUT2D eigenvalue weighted by molar-refractivity contribution is -0.112. The summed E-state index contributed by atoms with van der Waals surface area (Å²) in [5, 5.41) is 3.26. The number of sulfonamides is 1. The maximum atomic E-state index is 13.9. The normalized spacial score (nSPS) is 30.6. The molecular formula is C36H46ClN3O6S. The second-order valence-corrected chi connectivity index (χ2v) is 16.1. The quantitative estimate of drug-likeness (QED) is 0.310. The molecule has 1 amide bonds. The third-order valence-electron chi connectivity index (χ3n) is 10.6. The van der Waals surface area contributed by atoms with Crippen LogP contribution in [0.5, 0.6) is 5.75 Å². The van der Waals surface area contributed by atoms with Gasteiger partial charge in [-0.15, -0.1) is 0 Å². The van der Waals surface area contributed by atoms with E-state index >= 15 is 0 Å². The van der Waals surface area contributed by atoms with Crippen molar-refractivity contribution in [3.8, 4) is 5.75 Å². The van der Waals surface area contributed by atoms with Gasteiger partial charge in [-0.2, -0.15) is 0 Å². The maximum Gasteiger partial charge on any atom is 0.264 e. The molecule has 9 nitrogen and oxygen atoms in total. The first-order chi connectivity index (χ1) is 22.6. The van der Waals surface area contributed by atoms with Gasteiger partial charge in [0.2, 0.25) is 10.0 Å². The van der Waals surface area contributed by atoms with Gasteiger partial charge in [0.25, 0.3) is 5.91 Å². The first-order valence-electron chi connectivity index (χ1n) is 17.0. The largest absolute Gasteiger partial charge is 0.486 e. The predicted octanol–water partition coefficient (Wildman–Crippen LogP) is 5.61. The number of amides is 1. The third kappa shape index (κ3) is 7.56. The summed E-state index contributed by atoms with van der Waals surface area (Å²) in [7, 11) is -4.00. The topological polar surface area (TPSA) is 114 Å². The number of fused-ring (bicyclic) bond motifs is 3. The minimum atomic E-state index is -4.00. The molecule has 254 valence electrons. The van der Waals surface area contributed by atoms with E-state index in [1.807, 2.05) is 37.3 Å². The molecule has 1 saturated carbocycles. The van der Waals surface area contributed by atoms with Crippen molar-refractivity contribution in [1.82, 2.24) is 10.0 Å². The number of nitrogens with zero attached hydrogens (tertiary/aromatic N) is 1. The molecule has 2 aromatic carbocycles. The summed E-state index contributed by atoms with van der Waals surface area (Å²) >= 11 is 6.40. The number of carbonyl (C=O) groups excluding carboxylic acids is 2. The van der Waals surface area contributed by atoms with Gasteiger partial charge in [-0.3, -0.25) is 4.79 Å². The summed E-state index contributed by atoms with van der Waals surface area (Å²) in [6.07, 6.45) is 9.67. The van der Waals surface area contributed by atoms with E-state index in [4.69, 9.17) is 21.1 Å². The predicted molar refractivity (Wildman–Crippen MR) is 183 cm³/mol. The summed E-state index contributed by atoms with van der Waals surface area (Å²) in [5.74, 6) is -0.0628. The van der Waals surface area contributed by atoms with Crippen molar-refractivity contribution in [3.63, 3.8) is 0 Å². The zero-order chi connectivity index (χ0) is 33.1. The molecule has 0 aromatic heterocycles. The second kappa shape index (κ2) is 14.7. The van der Waals surface area contributed by atoms with Gasteiger partial charge in [-0.05, 0) is 98.6 Å². The van der Waals surface area contributed by atoms with Crippen LogP contribution in [0.15, 0.2) is 42.5 Å². The maximum absolute atomic E-state index is 13.9. The number of halogens is 1. The average Bonchev–Trinajstić information content (AvgIpc) is 3.08. The van der Waals surface area contributed by atoms with Crippen molar-refractivity contribution < 1.29 is 27.5 Å². The molecule has 2 bridgehead atoms. The van der Waals surface area contributed by atoms with Crippen LogP contribution in [0.1, 0.15) is 79.1 Å². The van der Waals surface area contributed by atoms with Crippen LogP contribution in [0.2, 0.25) is 5.02 Å². The lowest BCUT2D eigenvalue weighted by Gasteiger charge is -2.43. The molecule has 2 unspecified atom stereocenters. The molecule has 2 fully saturated rings. The van der Waals surface area contributed by atoms with Crippen LogP contribution in [0.3, 0.4) is 0 Å². The number of carbonyl (C=O) groups is 2. The average molecular weight is 684 g/mol. The highest BCUT2D eigenvalue weighted by Gasteiger charge is 2.38. The molecule has 47 heavy (non-hydrogen) atoms. The Kier molecular flexibility index (Phi) is 10.6. The molecular weight excluding hydrogens is 638 g/mol. The molecule has 1 saturated heterocycles. The van der Waals surface area contributed by atoms with Crippen LogP contribution in [0, 0.1) is 23.7 Å². The van der Waals surface area contributed by atoms with E-state index in [1.165, 1.54) is 0 Å². The summed E-state index contributed by atoms with van der Waals surface area (Å²) < 4.78 is 42.3. The first kappa shape index (κ1) is 34.0. The molecule has 4 aliphatic rings. The van der Waals surface area contributed by atoms with Gasteiger partial charge in [-0.25, -0.2) is 13.1 Å². The fourth-order valence-corrected chi connectivity index (χ4v) is 8.82. The minimum Gasteiger partial charge on any atom is -0.486 e. The van der Waals surface area contributed by atoms with Gasteiger partial charge in [0.1, 0.15) is 18.6 Å². The molecule has 1 aliphatic carbocycles. The van der Waals surface area contributed by atoms with E-state index in [9.17, 15) is 18.0 Å². The summed E-state index contributed by atoms with van der Waals surface area (Å²) in [4.78, 5) is 28.5. The highest BCUT2D eigenvalue weighted by molar-refractivity contribution is 7.90. The number of anilines is 1. The third-order valence-corrected chi connectivity index (χ3v) is 12.8. The highest BCUT2D eigenvalue weighted by atomic mass is 35.5. The van der Waals surface area contributed by atoms with Crippen LogP contribution in [-0.2, 0) is 32.6 Å². The Morgan fingerprint density at radius 3 is 2.68 bits per heavy atom. The van der Waals surface area contributed by atoms with Gasteiger partial charge in [0.05, 0.1) is 23.6 Å². The lowest BCUT2D eigenvalue weighted by Crippen LogP contribution is -2.42. The van der Waals surface area contributed by atoms with Crippen molar-refractivity contribution in [1.29, 1.82) is 0 Å². The molecule has 11 heteroatoms. The van der Waals surface area contributed by atoms with E-state index in [2.05, 4.69) is 14.9 Å². The van der Waals surface area contributed by atoms with Crippen molar-refractivity contribution in [2.45, 2.75) is 70.3 Å². The standard InChI is InChI=1S/C36H46ClN3O6S/c1-23-6-5-8-27(21-41)31-12-10-26(31)20-40-14-4-3-7-25-16-30(37)11-9-28(25)22-46-35-32(34-19-38-13-15-45-34)17-29(18-33(35)40)36(42)39-47(43,44)24(23)2/h5,8-9,11,16-18,21,23-24,26-27,31,34,38H,3-4,6-7,10,12-15,19-20,22H2,1-2H3,(H,39,42)/b8-5+/t23-,24+,26-,27?,31+,34?/m0/s1. The number of hydrogen-bond acceptors (Lipinski definition) is 8. The number of aldehydes is 1. The van der Waals surface area contributed by atoms with Crippen molar-refractivity contribution in [2.24, 2.45) is 23.7 Å². The number of nitrogens with one attached hydrogen (secondary N) is 2. The summed E-state index contributed by atoms with van der Waals surface area (Å²) in [5.41, 5.74) is 3.90. The fraction of sp³-hybridized carbons (Fsp3) is 0.556. The number of allylic oxidation sites excluding steroid dienone is 2. The smallest absolute Gasteiger partial charge is 0.264 e. The van der Waals surface area contributed by atoms with Crippen LogP contribution < -0.4 is 19.7 Å².